The van der Waals surface area contributed by atoms with Crippen molar-refractivity contribution in [1.29, 1.82) is 0 Å². The van der Waals surface area contributed by atoms with Gasteiger partial charge in [-0.25, -0.2) is 0 Å². The summed E-state index contributed by atoms with van der Waals surface area (Å²) in [7, 11) is 0. The number of anilines is 1. The topological polar surface area (TPSA) is 96.2 Å². The summed E-state index contributed by atoms with van der Waals surface area (Å²) in [5.41, 5.74) is 3.69. The van der Waals surface area contributed by atoms with E-state index in [4.69, 9.17) is 5.84 Å². The highest BCUT2D eigenvalue weighted by Gasteiger charge is 2.23. The maximum Gasteiger partial charge on any atom is 0.251 e. The van der Waals surface area contributed by atoms with Gasteiger partial charge in [0, 0.05) is 17.3 Å². The molecule has 0 bridgehead atoms. The van der Waals surface area contributed by atoms with Crippen LogP contribution in [0.5, 0.6) is 0 Å². The fourth-order valence-corrected chi connectivity index (χ4v) is 1.49. The Balaban J connectivity index is 1.80. The summed E-state index contributed by atoms with van der Waals surface area (Å²) in [6.45, 7) is 0.00617. The minimum Gasteiger partial charge on any atom is -0.352 e. The van der Waals surface area contributed by atoms with E-state index in [1.54, 1.807) is 24.3 Å². The third kappa shape index (κ3) is 3.46. The van der Waals surface area contributed by atoms with Crippen LogP contribution in [-0.2, 0) is 4.79 Å². The molecule has 0 aliphatic heterocycles. The molecule has 0 heterocycles. The lowest BCUT2D eigenvalue weighted by molar-refractivity contribution is -0.120. The zero-order valence-corrected chi connectivity index (χ0v) is 9.90. The van der Waals surface area contributed by atoms with E-state index < -0.39 is 0 Å². The van der Waals surface area contributed by atoms with E-state index in [1.165, 1.54) is 0 Å². The van der Waals surface area contributed by atoms with E-state index in [0.29, 0.717) is 11.6 Å². The molecule has 96 valence electrons. The second-order valence-electron chi connectivity index (χ2n) is 4.25. The van der Waals surface area contributed by atoms with Gasteiger partial charge < -0.3 is 16.1 Å². The Morgan fingerprint density at radius 3 is 2.44 bits per heavy atom. The van der Waals surface area contributed by atoms with Gasteiger partial charge >= 0.3 is 0 Å². The molecule has 1 saturated carbocycles. The molecule has 2 rings (SSSR count). The number of hydrogen-bond donors (Lipinski definition) is 4. The summed E-state index contributed by atoms with van der Waals surface area (Å²) in [5.74, 6) is 4.80. The van der Waals surface area contributed by atoms with Crippen molar-refractivity contribution < 1.29 is 9.59 Å². The highest BCUT2D eigenvalue weighted by atomic mass is 16.2. The molecule has 0 aromatic heterocycles. The van der Waals surface area contributed by atoms with Crippen LogP contribution in [0.3, 0.4) is 0 Å². The molecule has 5 N–H and O–H groups in total. The number of carbonyl (C=O) groups is 2. The smallest absolute Gasteiger partial charge is 0.251 e. The van der Waals surface area contributed by atoms with Crippen LogP contribution >= 0.6 is 0 Å². The number of hydrogen-bond acceptors (Lipinski definition) is 4. The highest BCUT2D eigenvalue weighted by Crippen LogP contribution is 2.18. The summed E-state index contributed by atoms with van der Waals surface area (Å²) in [6.07, 6.45) is 2.07. The molecule has 0 unspecified atom stereocenters. The van der Waals surface area contributed by atoms with Crippen molar-refractivity contribution in [3.05, 3.63) is 29.8 Å². The molecule has 1 aromatic rings. The number of benzene rings is 1. The van der Waals surface area contributed by atoms with Crippen LogP contribution in [-0.4, -0.2) is 24.4 Å². The van der Waals surface area contributed by atoms with Gasteiger partial charge in [-0.2, -0.15) is 0 Å². The Morgan fingerprint density at radius 2 is 1.89 bits per heavy atom. The van der Waals surface area contributed by atoms with Crippen molar-refractivity contribution in [3.63, 3.8) is 0 Å². The predicted molar refractivity (Wildman–Crippen MR) is 67.8 cm³/mol. The van der Waals surface area contributed by atoms with Gasteiger partial charge in [0.25, 0.3) is 5.91 Å². The molecular weight excluding hydrogens is 232 g/mol. The standard InChI is InChI=1S/C12H16N4O2/c13-16-10-3-1-8(2-4-10)12(18)14-7-11(17)15-9-5-6-9/h1-4,9,16H,5-7,13H2,(H,14,18)(H,15,17). The number of nitrogens with one attached hydrogen (secondary N) is 3. The molecule has 0 atom stereocenters. The van der Waals surface area contributed by atoms with Crippen LogP contribution in [0, 0.1) is 0 Å². The molecule has 0 saturated heterocycles. The first-order chi connectivity index (χ1) is 8.69. The lowest BCUT2D eigenvalue weighted by atomic mass is 10.2. The molecule has 1 aromatic carbocycles. The first-order valence-corrected chi connectivity index (χ1v) is 5.83. The molecule has 0 radical (unpaired) electrons. The van der Waals surface area contributed by atoms with Crippen LogP contribution in [0.4, 0.5) is 5.69 Å². The first-order valence-electron chi connectivity index (χ1n) is 5.83. The van der Waals surface area contributed by atoms with Crippen LogP contribution < -0.4 is 21.9 Å². The summed E-state index contributed by atoms with van der Waals surface area (Å²) < 4.78 is 0. The van der Waals surface area contributed by atoms with Crippen molar-refractivity contribution in [2.24, 2.45) is 5.84 Å². The van der Waals surface area contributed by atoms with Crippen LogP contribution in [0.15, 0.2) is 24.3 Å². The van der Waals surface area contributed by atoms with Crippen LogP contribution in [0.2, 0.25) is 0 Å². The van der Waals surface area contributed by atoms with E-state index in [9.17, 15) is 9.59 Å². The summed E-state index contributed by atoms with van der Waals surface area (Å²) >= 11 is 0. The van der Waals surface area contributed by atoms with Crippen molar-refractivity contribution in [2.45, 2.75) is 18.9 Å². The first kappa shape index (κ1) is 12.4. The average Bonchev–Trinajstić information content (AvgIpc) is 3.20. The van der Waals surface area contributed by atoms with Gasteiger partial charge in [-0.1, -0.05) is 0 Å². The van der Waals surface area contributed by atoms with Gasteiger partial charge in [-0.3, -0.25) is 15.4 Å². The SMILES string of the molecule is NNc1ccc(C(=O)NCC(=O)NC2CC2)cc1. The van der Waals surface area contributed by atoms with Crippen LogP contribution in [0.1, 0.15) is 23.2 Å². The number of hydrazine groups is 1. The van der Waals surface area contributed by atoms with Crippen molar-refractivity contribution in [3.8, 4) is 0 Å². The van der Waals surface area contributed by atoms with E-state index >= 15 is 0 Å². The Hall–Kier alpha value is -2.08. The molecule has 1 aliphatic carbocycles. The van der Waals surface area contributed by atoms with E-state index in [1.807, 2.05) is 0 Å². The molecule has 1 fully saturated rings. The normalized spacial score (nSPS) is 13.8. The predicted octanol–water partition coefficient (Wildman–Crippen LogP) is -0.0194. The summed E-state index contributed by atoms with van der Waals surface area (Å²) in [4.78, 5) is 23.1. The number of nitrogen functional groups attached to an aromatic ring is 1. The fraction of sp³-hybridized carbons (Fsp3) is 0.333. The van der Waals surface area contributed by atoms with Crippen molar-refractivity contribution in [2.75, 3.05) is 12.0 Å². The number of carbonyl (C=O) groups excluding carboxylic acids is 2. The maximum atomic E-state index is 11.7. The minimum absolute atomic E-state index is 0.00617. The molecule has 6 nitrogen and oxygen atoms in total. The zero-order chi connectivity index (χ0) is 13.0. The highest BCUT2D eigenvalue weighted by molar-refractivity contribution is 5.96. The average molecular weight is 248 g/mol. The Bertz CT molecular complexity index is 440. The van der Waals surface area contributed by atoms with E-state index in [-0.39, 0.29) is 18.4 Å². The monoisotopic (exact) mass is 248 g/mol. The van der Waals surface area contributed by atoms with Gasteiger partial charge in [-0.05, 0) is 37.1 Å². The van der Waals surface area contributed by atoms with Crippen molar-refractivity contribution >= 4 is 17.5 Å². The molecule has 2 amide bonds. The number of nitrogens with two attached hydrogens (primary N) is 1. The van der Waals surface area contributed by atoms with E-state index in [2.05, 4.69) is 16.1 Å². The Labute approximate surface area is 105 Å². The molecule has 18 heavy (non-hydrogen) atoms. The fourth-order valence-electron chi connectivity index (χ4n) is 1.49. The lowest BCUT2D eigenvalue weighted by Gasteiger charge is -2.06. The number of rotatable bonds is 5. The van der Waals surface area contributed by atoms with Gasteiger partial charge in [0.15, 0.2) is 0 Å². The molecule has 6 heteroatoms. The van der Waals surface area contributed by atoms with Crippen molar-refractivity contribution in [1.82, 2.24) is 10.6 Å². The third-order valence-corrected chi connectivity index (χ3v) is 2.67. The lowest BCUT2D eigenvalue weighted by Crippen LogP contribution is -2.37. The second-order valence-corrected chi connectivity index (χ2v) is 4.25. The number of amides is 2. The van der Waals surface area contributed by atoms with Gasteiger partial charge in [-0.15, -0.1) is 0 Å². The quantitative estimate of drug-likeness (QED) is 0.435. The van der Waals surface area contributed by atoms with Crippen LogP contribution in [0.25, 0.3) is 0 Å². The largest absolute Gasteiger partial charge is 0.352 e. The second kappa shape index (κ2) is 5.50. The van der Waals surface area contributed by atoms with E-state index in [0.717, 1.165) is 18.5 Å². The molecule has 1 aliphatic rings. The minimum atomic E-state index is -0.274. The summed E-state index contributed by atoms with van der Waals surface area (Å²) in [6, 6.07) is 6.98. The maximum absolute atomic E-state index is 11.7. The van der Waals surface area contributed by atoms with Gasteiger partial charge in [0.05, 0.1) is 6.54 Å². The summed E-state index contributed by atoms with van der Waals surface area (Å²) in [5, 5.41) is 5.37. The van der Waals surface area contributed by atoms with Gasteiger partial charge in [0.1, 0.15) is 0 Å². The molecule has 0 spiro atoms. The Morgan fingerprint density at radius 1 is 1.22 bits per heavy atom. The van der Waals surface area contributed by atoms with Gasteiger partial charge in [0.2, 0.25) is 5.91 Å². The zero-order valence-electron chi connectivity index (χ0n) is 9.90. The molecular formula is C12H16N4O2. The third-order valence-electron chi connectivity index (χ3n) is 2.67. The Kier molecular flexibility index (Phi) is 3.78.